The largest absolute Gasteiger partial charge is 0.493 e. The van der Waals surface area contributed by atoms with Crippen LogP contribution in [0, 0.1) is 0 Å². The average molecular weight is 443 g/mol. The van der Waals surface area contributed by atoms with E-state index in [-0.39, 0.29) is 6.03 Å². The van der Waals surface area contributed by atoms with E-state index in [0.29, 0.717) is 49.1 Å². The smallest absolute Gasteiger partial charge is 0.321 e. The number of piperazine rings is 1. The molecule has 10 heteroatoms. The summed E-state index contributed by atoms with van der Waals surface area (Å²) in [7, 11) is 4.64. The van der Waals surface area contributed by atoms with Gasteiger partial charge in [0.2, 0.25) is 11.7 Å². The predicted octanol–water partition coefficient (Wildman–Crippen LogP) is 2.46. The summed E-state index contributed by atoms with van der Waals surface area (Å²) in [6.45, 7) is 4.63. The molecule has 32 heavy (non-hydrogen) atoms. The van der Waals surface area contributed by atoms with Gasteiger partial charge in [-0.3, -0.25) is 0 Å². The number of carbonyl (C=O) groups is 1. The van der Waals surface area contributed by atoms with Gasteiger partial charge in [0.25, 0.3) is 0 Å². The molecule has 0 bridgehead atoms. The average Bonchev–Trinajstić information content (AvgIpc) is 3.38. The summed E-state index contributed by atoms with van der Waals surface area (Å²) in [6.07, 6.45) is 4.19. The second-order valence-corrected chi connectivity index (χ2v) is 7.73. The van der Waals surface area contributed by atoms with Gasteiger partial charge in [-0.25, -0.2) is 9.78 Å². The van der Waals surface area contributed by atoms with Crippen molar-refractivity contribution >= 4 is 23.5 Å². The number of nitrogens with one attached hydrogen (secondary N) is 1. The molecule has 0 spiro atoms. The third-order valence-corrected chi connectivity index (χ3v) is 5.82. The van der Waals surface area contributed by atoms with Crippen LogP contribution in [0.2, 0.25) is 0 Å². The fourth-order valence-electron chi connectivity index (χ4n) is 4.08. The Morgan fingerprint density at radius 3 is 2.16 bits per heavy atom. The summed E-state index contributed by atoms with van der Waals surface area (Å²) in [5.74, 6) is 3.17. The van der Waals surface area contributed by atoms with E-state index in [2.05, 4.69) is 20.1 Å². The molecule has 0 unspecified atom stereocenters. The molecule has 4 rings (SSSR count). The van der Waals surface area contributed by atoms with Crippen molar-refractivity contribution < 1.29 is 19.0 Å². The molecule has 0 aliphatic carbocycles. The van der Waals surface area contributed by atoms with Crippen molar-refractivity contribution in [2.45, 2.75) is 12.8 Å². The van der Waals surface area contributed by atoms with Gasteiger partial charge in [0.1, 0.15) is 5.82 Å². The first-order chi connectivity index (χ1) is 15.6. The van der Waals surface area contributed by atoms with Gasteiger partial charge in [0, 0.05) is 57.6 Å². The lowest BCUT2D eigenvalue weighted by atomic mass is 10.2. The van der Waals surface area contributed by atoms with E-state index < -0.39 is 0 Å². The maximum atomic E-state index is 12.8. The van der Waals surface area contributed by atoms with Gasteiger partial charge in [-0.1, -0.05) is 0 Å². The van der Waals surface area contributed by atoms with Crippen LogP contribution in [0.1, 0.15) is 12.8 Å². The molecule has 0 radical (unpaired) electrons. The molecule has 2 amide bonds. The molecular weight excluding hydrogens is 412 g/mol. The minimum Gasteiger partial charge on any atom is -0.493 e. The summed E-state index contributed by atoms with van der Waals surface area (Å²) in [5, 5.41) is 2.93. The Kier molecular flexibility index (Phi) is 6.67. The zero-order valence-corrected chi connectivity index (χ0v) is 18.8. The van der Waals surface area contributed by atoms with Gasteiger partial charge in [-0.2, -0.15) is 4.98 Å². The monoisotopic (exact) mass is 442 g/mol. The molecule has 10 nitrogen and oxygen atoms in total. The van der Waals surface area contributed by atoms with Crippen molar-refractivity contribution in [1.82, 2.24) is 14.9 Å². The van der Waals surface area contributed by atoms with Gasteiger partial charge in [0.05, 0.1) is 27.0 Å². The number of benzene rings is 1. The highest BCUT2D eigenvalue weighted by Gasteiger charge is 2.24. The number of hydrogen-bond acceptors (Lipinski definition) is 8. The Morgan fingerprint density at radius 1 is 0.906 bits per heavy atom. The Balaban J connectivity index is 1.37. The number of urea groups is 1. The van der Waals surface area contributed by atoms with Crippen molar-refractivity contribution in [3.05, 3.63) is 24.4 Å². The maximum absolute atomic E-state index is 12.8. The molecule has 2 aromatic rings. The molecule has 1 aromatic heterocycles. The van der Waals surface area contributed by atoms with Crippen molar-refractivity contribution in [2.75, 3.05) is 75.7 Å². The van der Waals surface area contributed by atoms with Gasteiger partial charge < -0.3 is 34.2 Å². The van der Waals surface area contributed by atoms with Crippen LogP contribution in [-0.2, 0) is 0 Å². The lowest BCUT2D eigenvalue weighted by Gasteiger charge is -2.35. The number of hydrogen-bond donors (Lipinski definition) is 1. The van der Waals surface area contributed by atoms with Crippen LogP contribution < -0.4 is 29.3 Å². The SMILES string of the molecule is COc1cc(NC(=O)N2CCN(c3ccnc(N4CCCC4)n3)CC2)cc(OC)c1OC. The number of methoxy groups -OCH3 is 3. The number of aromatic nitrogens is 2. The minimum absolute atomic E-state index is 0.167. The van der Waals surface area contributed by atoms with Gasteiger partial charge >= 0.3 is 6.03 Å². The first-order valence-corrected chi connectivity index (χ1v) is 10.8. The van der Waals surface area contributed by atoms with Gasteiger partial charge in [-0.05, 0) is 18.9 Å². The Hall–Kier alpha value is -3.43. The van der Waals surface area contributed by atoms with E-state index in [0.717, 1.165) is 24.9 Å². The molecule has 0 saturated carbocycles. The number of ether oxygens (including phenoxy) is 3. The van der Waals surface area contributed by atoms with E-state index >= 15 is 0 Å². The lowest BCUT2D eigenvalue weighted by Crippen LogP contribution is -2.50. The summed E-state index contributed by atoms with van der Waals surface area (Å²) in [6, 6.07) is 5.21. The van der Waals surface area contributed by atoms with Crippen molar-refractivity contribution in [3.63, 3.8) is 0 Å². The van der Waals surface area contributed by atoms with E-state index in [9.17, 15) is 4.79 Å². The molecule has 0 atom stereocenters. The van der Waals surface area contributed by atoms with Crippen LogP contribution in [-0.4, -0.2) is 81.5 Å². The fourth-order valence-corrected chi connectivity index (χ4v) is 4.08. The molecule has 1 N–H and O–H groups in total. The third-order valence-electron chi connectivity index (χ3n) is 5.82. The molecule has 1 aromatic carbocycles. The van der Waals surface area contributed by atoms with E-state index in [1.54, 1.807) is 38.4 Å². The topological polar surface area (TPSA) is 92.3 Å². The van der Waals surface area contributed by atoms with Crippen LogP contribution in [0.3, 0.4) is 0 Å². The summed E-state index contributed by atoms with van der Waals surface area (Å²) >= 11 is 0. The Bertz CT molecular complexity index is 917. The number of nitrogens with zero attached hydrogens (tertiary/aromatic N) is 5. The van der Waals surface area contributed by atoms with Crippen LogP contribution in [0.25, 0.3) is 0 Å². The van der Waals surface area contributed by atoms with Crippen LogP contribution >= 0.6 is 0 Å². The molecule has 2 aliphatic heterocycles. The predicted molar refractivity (Wildman–Crippen MR) is 122 cm³/mol. The third kappa shape index (κ3) is 4.58. The fraction of sp³-hybridized carbons (Fsp3) is 0.500. The van der Waals surface area contributed by atoms with Crippen molar-refractivity contribution in [1.29, 1.82) is 0 Å². The summed E-state index contributed by atoms with van der Waals surface area (Å²) in [4.78, 5) is 28.2. The first-order valence-electron chi connectivity index (χ1n) is 10.8. The second-order valence-electron chi connectivity index (χ2n) is 7.73. The molecule has 3 heterocycles. The lowest BCUT2D eigenvalue weighted by molar-refractivity contribution is 0.208. The summed E-state index contributed by atoms with van der Waals surface area (Å²) in [5.41, 5.74) is 0.581. The van der Waals surface area contributed by atoms with Crippen LogP contribution in [0.5, 0.6) is 17.2 Å². The minimum atomic E-state index is -0.167. The van der Waals surface area contributed by atoms with Crippen LogP contribution in [0.4, 0.5) is 22.2 Å². The zero-order valence-electron chi connectivity index (χ0n) is 18.8. The van der Waals surface area contributed by atoms with Crippen LogP contribution in [0.15, 0.2) is 24.4 Å². The number of carbonyl (C=O) groups excluding carboxylic acids is 1. The number of amides is 2. The van der Waals surface area contributed by atoms with E-state index in [1.165, 1.54) is 12.8 Å². The van der Waals surface area contributed by atoms with E-state index in [4.69, 9.17) is 19.2 Å². The quantitative estimate of drug-likeness (QED) is 0.729. The highest BCUT2D eigenvalue weighted by Crippen LogP contribution is 2.40. The standard InChI is InChI=1S/C22H30N6O4/c1-30-17-14-16(15-18(31-2)20(17)32-3)24-22(29)28-12-10-26(11-13-28)19-6-7-23-21(25-19)27-8-4-5-9-27/h6-7,14-15H,4-5,8-13H2,1-3H3,(H,24,29). The van der Waals surface area contributed by atoms with Crippen molar-refractivity contribution in [2.24, 2.45) is 0 Å². The Labute approximate surface area is 188 Å². The number of rotatable bonds is 6. The normalized spacial score (nSPS) is 16.2. The first kappa shape index (κ1) is 21.8. The zero-order chi connectivity index (χ0) is 22.5. The van der Waals surface area contributed by atoms with Gasteiger partial charge in [0.15, 0.2) is 11.5 Å². The second kappa shape index (κ2) is 9.80. The van der Waals surface area contributed by atoms with E-state index in [1.807, 2.05) is 12.3 Å². The number of anilines is 3. The maximum Gasteiger partial charge on any atom is 0.321 e. The highest BCUT2D eigenvalue weighted by molar-refractivity contribution is 5.90. The molecule has 2 fully saturated rings. The molecular formula is C22H30N6O4. The Morgan fingerprint density at radius 2 is 1.56 bits per heavy atom. The summed E-state index contributed by atoms with van der Waals surface area (Å²) < 4.78 is 16.1. The molecule has 2 saturated heterocycles. The van der Waals surface area contributed by atoms with Crippen molar-refractivity contribution in [3.8, 4) is 17.2 Å². The molecule has 172 valence electrons. The molecule has 2 aliphatic rings. The highest BCUT2D eigenvalue weighted by atomic mass is 16.5. The van der Waals surface area contributed by atoms with Gasteiger partial charge in [-0.15, -0.1) is 0 Å².